The Hall–Kier alpha value is -1.85. The van der Waals surface area contributed by atoms with Gasteiger partial charge < -0.3 is 15.4 Å². The number of hydrogen-bond donors (Lipinski definition) is 2. The maximum atomic E-state index is 12.0. The average Bonchev–Trinajstić information content (AvgIpc) is 2.35. The van der Waals surface area contributed by atoms with Crippen LogP contribution in [-0.4, -0.2) is 25.6 Å². The fraction of sp³-hybridized carbons (Fsp3) is 0.417. The van der Waals surface area contributed by atoms with Crippen LogP contribution in [0.25, 0.3) is 0 Å². The summed E-state index contributed by atoms with van der Waals surface area (Å²) in [6, 6.07) is 6.42. The third kappa shape index (κ3) is 5.47. The Labute approximate surface area is 104 Å². The van der Waals surface area contributed by atoms with Crippen molar-refractivity contribution in [2.24, 2.45) is 0 Å². The molecule has 4 nitrogen and oxygen atoms in total. The van der Waals surface area contributed by atoms with Crippen molar-refractivity contribution in [1.29, 1.82) is 0 Å². The number of rotatable bonds is 6. The molecule has 0 fully saturated rings. The molecule has 2 N–H and O–H groups in total. The zero-order chi connectivity index (χ0) is 13.4. The summed E-state index contributed by atoms with van der Waals surface area (Å²) in [4.78, 5) is 11.2. The van der Waals surface area contributed by atoms with Gasteiger partial charge >= 0.3 is 6.03 Å². The quantitative estimate of drug-likeness (QED) is 0.821. The SMILES string of the molecule is CCNC(=O)NCc1cccc(OCC(F)F)c1. The number of carbonyl (C=O) groups is 1. The van der Waals surface area contributed by atoms with E-state index in [0.29, 0.717) is 18.8 Å². The Balaban J connectivity index is 2.46. The lowest BCUT2D eigenvalue weighted by molar-refractivity contribution is 0.0818. The summed E-state index contributed by atoms with van der Waals surface area (Å²) in [6.07, 6.45) is -2.50. The first-order valence-electron chi connectivity index (χ1n) is 5.63. The predicted molar refractivity (Wildman–Crippen MR) is 63.9 cm³/mol. The molecule has 0 spiro atoms. The summed E-state index contributed by atoms with van der Waals surface area (Å²) < 4.78 is 28.8. The number of amides is 2. The van der Waals surface area contributed by atoms with Gasteiger partial charge in [-0.1, -0.05) is 12.1 Å². The van der Waals surface area contributed by atoms with Crippen molar-refractivity contribution in [3.8, 4) is 5.75 Å². The van der Waals surface area contributed by atoms with Crippen molar-refractivity contribution in [1.82, 2.24) is 10.6 Å². The summed E-state index contributed by atoms with van der Waals surface area (Å²) in [7, 11) is 0. The van der Waals surface area contributed by atoms with E-state index in [9.17, 15) is 13.6 Å². The highest BCUT2D eigenvalue weighted by molar-refractivity contribution is 5.73. The predicted octanol–water partition coefficient (Wildman–Crippen LogP) is 2.15. The van der Waals surface area contributed by atoms with Gasteiger partial charge in [-0.3, -0.25) is 0 Å². The van der Waals surface area contributed by atoms with Crippen LogP contribution in [0.4, 0.5) is 13.6 Å². The molecule has 0 aliphatic carbocycles. The molecule has 0 aliphatic heterocycles. The van der Waals surface area contributed by atoms with Gasteiger partial charge in [0.05, 0.1) is 0 Å². The highest BCUT2D eigenvalue weighted by Gasteiger charge is 2.04. The van der Waals surface area contributed by atoms with E-state index in [1.54, 1.807) is 24.3 Å². The minimum Gasteiger partial charge on any atom is -0.488 e. The minimum absolute atomic E-state index is 0.267. The molecular formula is C12H16F2N2O2. The first-order valence-corrected chi connectivity index (χ1v) is 5.63. The summed E-state index contributed by atoms with van der Waals surface area (Å²) in [6.45, 7) is 2.05. The first-order chi connectivity index (χ1) is 8.61. The molecule has 0 radical (unpaired) electrons. The lowest BCUT2D eigenvalue weighted by Gasteiger charge is -2.09. The lowest BCUT2D eigenvalue weighted by Crippen LogP contribution is -2.34. The van der Waals surface area contributed by atoms with Crippen LogP contribution in [-0.2, 0) is 6.54 Å². The van der Waals surface area contributed by atoms with Crippen LogP contribution in [0.2, 0.25) is 0 Å². The van der Waals surface area contributed by atoms with E-state index >= 15 is 0 Å². The number of hydrogen-bond acceptors (Lipinski definition) is 2. The molecular weight excluding hydrogens is 242 g/mol. The van der Waals surface area contributed by atoms with Gasteiger partial charge in [-0.05, 0) is 24.6 Å². The van der Waals surface area contributed by atoms with Gasteiger partial charge in [-0.25, -0.2) is 13.6 Å². The zero-order valence-electron chi connectivity index (χ0n) is 10.1. The van der Waals surface area contributed by atoms with E-state index in [2.05, 4.69) is 10.6 Å². The van der Waals surface area contributed by atoms with Gasteiger partial charge in [-0.2, -0.15) is 0 Å². The maximum Gasteiger partial charge on any atom is 0.315 e. The Morgan fingerprint density at radius 1 is 1.39 bits per heavy atom. The molecule has 1 aromatic rings. The molecule has 2 amide bonds. The molecule has 6 heteroatoms. The van der Waals surface area contributed by atoms with Gasteiger partial charge in [0.25, 0.3) is 6.43 Å². The van der Waals surface area contributed by atoms with Crippen LogP contribution in [0.5, 0.6) is 5.75 Å². The largest absolute Gasteiger partial charge is 0.488 e. The maximum absolute atomic E-state index is 12.0. The number of nitrogens with one attached hydrogen (secondary N) is 2. The lowest BCUT2D eigenvalue weighted by atomic mass is 10.2. The zero-order valence-corrected chi connectivity index (χ0v) is 10.1. The number of carbonyl (C=O) groups excluding carboxylic acids is 1. The average molecular weight is 258 g/mol. The van der Waals surface area contributed by atoms with E-state index in [-0.39, 0.29) is 6.03 Å². The summed E-state index contributed by atoms with van der Waals surface area (Å²) in [5.74, 6) is 0.366. The molecule has 0 saturated heterocycles. The Kier molecular flexibility index (Phi) is 5.90. The molecule has 0 aliphatic rings. The molecule has 0 atom stereocenters. The summed E-state index contributed by atoms with van der Waals surface area (Å²) in [5.41, 5.74) is 0.785. The van der Waals surface area contributed by atoms with Gasteiger partial charge in [0.15, 0.2) is 0 Å². The number of urea groups is 1. The first kappa shape index (κ1) is 14.2. The topological polar surface area (TPSA) is 50.4 Å². The van der Waals surface area contributed by atoms with Crippen molar-refractivity contribution < 1.29 is 18.3 Å². The van der Waals surface area contributed by atoms with Crippen LogP contribution in [0.3, 0.4) is 0 Å². The van der Waals surface area contributed by atoms with Crippen LogP contribution < -0.4 is 15.4 Å². The van der Waals surface area contributed by atoms with Gasteiger partial charge in [0.2, 0.25) is 0 Å². The minimum atomic E-state index is -2.50. The molecule has 100 valence electrons. The highest BCUT2D eigenvalue weighted by Crippen LogP contribution is 2.14. The fourth-order valence-corrected chi connectivity index (χ4v) is 1.31. The van der Waals surface area contributed by atoms with Crippen molar-refractivity contribution in [3.63, 3.8) is 0 Å². The van der Waals surface area contributed by atoms with Gasteiger partial charge in [0.1, 0.15) is 12.4 Å². The molecule has 0 unspecified atom stereocenters. The van der Waals surface area contributed by atoms with Crippen LogP contribution in [0.1, 0.15) is 12.5 Å². The standard InChI is InChI=1S/C12H16F2N2O2/c1-2-15-12(17)16-7-9-4-3-5-10(6-9)18-8-11(13)14/h3-6,11H,2,7-8H2,1H3,(H2,15,16,17). The van der Waals surface area contributed by atoms with E-state index in [0.717, 1.165) is 5.56 Å². The second-order valence-corrected chi connectivity index (χ2v) is 3.56. The van der Waals surface area contributed by atoms with Crippen LogP contribution in [0.15, 0.2) is 24.3 Å². The molecule has 0 bridgehead atoms. The summed E-state index contributed by atoms with van der Waals surface area (Å²) in [5, 5.41) is 5.23. The number of alkyl halides is 2. The smallest absolute Gasteiger partial charge is 0.315 e. The fourth-order valence-electron chi connectivity index (χ4n) is 1.31. The Morgan fingerprint density at radius 2 is 2.17 bits per heavy atom. The normalized spacial score (nSPS) is 10.2. The third-order valence-electron chi connectivity index (χ3n) is 2.06. The second-order valence-electron chi connectivity index (χ2n) is 3.56. The van der Waals surface area contributed by atoms with Crippen LogP contribution in [0, 0.1) is 0 Å². The monoisotopic (exact) mass is 258 g/mol. The number of halogens is 2. The summed E-state index contributed by atoms with van der Waals surface area (Å²) >= 11 is 0. The Bertz CT molecular complexity index is 386. The third-order valence-corrected chi connectivity index (χ3v) is 2.06. The van der Waals surface area contributed by atoms with Gasteiger partial charge in [-0.15, -0.1) is 0 Å². The van der Waals surface area contributed by atoms with Crippen molar-refractivity contribution in [3.05, 3.63) is 29.8 Å². The van der Waals surface area contributed by atoms with E-state index in [1.165, 1.54) is 0 Å². The second kappa shape index (κ2) is 7.47. The van der Waals surface area contributed by atoms with Crippen molar-refractivity contribution >= 4 is 6.03 Å². The number of ether oxygens (including phenoxy) is 1. The molecule has 0 heterocycles. The van der Waals surface area contributed by atoms with Crippen molar-refractivity contribution in [2.75, 3.05) is 13.2 Å². The molecule has 0 saturated carbocycles. The Morgan fingerprint density at radius 3 is 2.83 bits per heavy atom. The van der Waals surface area contributed by atoms with Crippen molar-refractivity contribution in [2.45, 2.75) is 19.9 Å². The number of benzene rings is 1. The highest BCUT2D eigenvalue weighted by atomic mass is 19.3. The van der Waals surface area contributed by atoms with E-state index in [1.807, 2.05) is 6.92 Å². The molecule has 18 heavy (non-hydrogen) atoms. The van der Waals surface area contributed by atoms with E-state index in [4.69, 9.17) is 4.74 Å². The van der Waals surface area contributed by atoms with E-state index < -0.39 is 13.0 Å². The van der Waals surface area contributed by atoms with Crippen LogP contribution >= 0.6 is 0 Å². The van der Waals surface area contributed by atoms with Gasteiger partial charge in [0, 0.05) is 13.1 Å². The molecule has 0 aromatic heterocycles. The molecule has 1 rings (SSSR count). The molecule has 1 aromatic carbocycles.